The minimum atomic E-state index is -3.42. The number of hydrogen-bond acceptors (Lipinski definition) is 5. The third-order valence-electron chi connectivity index (χ3n) is 3.18. The first-order chi connectivity index (χ1) is 12.6. The molecule has 1 aromatic heterocycles. The molecule has 0 aliphatic heterocycles. The van der Waals surface area contributed by atoms with Crippen molar-refractivity contribution in [3.63, 3.8) is 0 Å². The second kappa shape index (κ2) is 11.2. The summed E-state index contributed by atoms with van der Waals surface area (Å²) in [5.41, 5.74) is 0. The average molecular weight is 413 g/mol. The normalized spacial score (nSPS) is 12.1. The Kier molecular flexibility index (Phi) is 8.96. The number of rotatable bonds is 10. The van der Waals surface area contributed by atoms with Crippen molar-refractivity contribution < 1.29 is 8.42 Å². The van der Waals surface area contributed by atoms with Gasteiger partial charge in [0, 0.05) is 30.3 Å². The van der Waals surface area contributed by atoms with E-state index in [1.54, 1.807) is 29.3 Å². The number of nitrogens with one attached hydrogen (secondary N) is 3. The Bertz CT molecular complexity index is 763. The number of thiophene rings is 1. The molecular formula is C17H24N4O2S3. The highest BCUT2D eigenvalue weighted by atomic mass is 32.2. The second-order valence-corrected chi connectivity index (χ2v) is 9.29. The molecule has 2 aromatic rings. The topological polar surface area (TPSA) is 82.6 Å². The van der Waals surface area contributed by atoms with Crippen molar-refractivity contribution in [1.29, 1.82) is 0 Å². The Balaban J connectivity index is 1.72. The highest BCUT2D eigenvalue weighted by Gasteiger charge is 2.13. The maximum Gasteiger partial charge on any atom is 0.250 e. The summed E-state index contributed by atoms with van der Waals surface area (Å²) in [6.07, 6.45) is 0. The molecular weight excluding hydrogens is 388 g/mol. The van der Waals surface area contributed by atoms with Gasteiger partial charge in [-0.2, -0.15) is 0 Å². The highest BCUT2D eigenvalue weighted by molar-refractivity contribution is 7.99. The maximum atomic E-state index is 12.0. The molecule has 1 aromatic carbocycles. The molecule has 26 heavy (non-hydrogen) atoms. The summed E-state index contributed by atoms with van der Waals surface area (Å²) in [6.45, 7) is 4.14. The first kappa shape index (κ1) is 20.8. The second-order valence-electron chi connectivity index (χ2n) is 5.18. The molecule has 1 heterocycles. The Labute approximate surface area is 163 Å². The van der Waals surface area contributed by atoms with E-state index in [0.717, 1.165) is 18.8 Å². The smallest absolute Gasteiger partial charge is 0.250 e. The summed E-state index contributed by atoms with van der Waals surface area (Å²) >= 11 is 2.98. The molecule has 2 rings (SSSR count). The van der Waals surface area contributed by atoms with Gasteiger partial charge in [-0.1, -0.05) is 24.3 Å². The number of guanidine groups is 1. The van der Waals surface area contributed by atoms with Crippen LogP contribution in [-0.2, 0) is 10.0 Å². The first-order valence-electron chi connectivity index (χ1n) is 8.35. The molecule has 0 atom stereocenters. The van der Waals surface area contributed by atoms with Crippen LogP contribution in [0.2, 0.25) is 0 Å². The number of thioether (sulfide) groups is 1. The molecule has 142 valence electrons. The average Bonchev–Trinajstić information content (AvgIpc) is 3.19. The zero-order valence-electron chi connectivity index (χ0n) is 14.6. The van der Waals surface area contributed by atoms with E-state index in [2.05, 4.69) is 32.5 Å². The summed E-state index contributed by atoms with van der Waals surface area (Å²) < 4.78 is 26.9. The Morgan fingerprint density at radius 2 is 1.92 bits per heavy atom. The van der Waals surface area contributed by atoms with Gasteiger partial charge in [0.1, 0.15) is 4.21 Å². The number of nitrogens with zero attached hydrogens (tertiary/aromatic N) is 1. The number of hydrogen-bond donors (Lipinski definition) is 3. The van der Waals surface area contributed by atoms with Crippen LogP contribution in [0.3, 0.4) is 0 Å². The minimum absolute atomic E-state index is 0.259. The van der Waals surface area contributed by atoms with E-state index in [4.69, 9.17) is 0 Å². The van der Waals surface area contributed by atoms with Crippen LogP contribution >= 0.6 is 23.1 Å². The van der Waals surface area contributed by atoms with Gasteiger partial charge in [-0.25, -0.2) is 13.1 Å². The molecule has 3 N–H and O–H groups in total. The summed E-state index contributed by atoms with van der Waals surface area (Å²) in [4.78, 5) is 5.64. The van der Waals surface area contributed by atoms with Gasteiger partial charge in [-0.3, -0.25) is 4.99 Å². The van der Waals surface area contributed by atoms with Gasteiger partial charge in [0.05, 0.1) is 6.54 Å². The van der Waals surface area contributed by atoms with Crippen LogP contribution in [0.4, 0.5) is 0 Å². The standard InChI is InChI=1S/C17H24N4O2S3/c1-2-18-17(20-12-14-24-15-7-4-3-5-8-15)19-10-11-21-26(22,23)16-9-6-13-25-16/h3-9,13,21H,2,10-12,14H2,1H3,(H2,18,19,20). The van der Waals surface area contributed by atoms with Crippen molar-refractivity contribution in [3.8, 4) is 0 Å². The molecule has 0 bridgehead atoms. The predicted molar refractivity (Wildman–Crippen MR) is 111 cm³/mol. The van der Waals surface area contributed by atoms with E-state index in [9.17, 15) is 8.42 Å². The van der Waals surface area contributed by atoms with E-state index in [0.29, 0.717) is 16.7 Å². The third kappa shape index (κ3) is 7.36. The maximum absolute atomic E-state index is 12.0. The zero-order valence-corrected chi connectivity index (χ0v) is 17.1. The lowest BCUT2D eigenvalue weighted by Gasteiger charge is -2.11. The van der Waals surface area contributed by atoms with E-state index < -0.39 is 10.0 Å². The quantitative estimate of drug-likeness (QED) is 0.242. The Morgan fingerprint density at radius 1 is 1.12 bits per heavy atom. The van der Waals surface area contributed by atoms with E-state index in [1.165, 1.54) is 16.2 Å². The van der Waals surface area contributed by atoms with Crippen LogP contribution in [0, 0.1) is 0 Å². The van der Waals surface area contributed by atoms with Crippen molar-refractivity contribution in [2.24, 2.45) is 4.99 Å². The lowest BCUT2D eigenvalue weighted by atomic mass is 10.4. The fraction of sp³-hybridized carbons (Fsp3) is 0.353. The first-order valence-corrected chi connectivity index (χ1v) is 11.7. The zero-order chi connectivity index (χ0) is 18.7. The van der Waals surface area contributed by atoms with E-state index in [-0.39, 0.29) is 6.54 Å². The molecule has 0 saturated carbocycles. The molecule has 0 amide bonds. The lowest BCUT2D eigenvalue weighted by molar-refractivity contribution is 0.584. The molecule has 0 fully saturated rings. The van der Waals surface area contributed by atoms with Crippen molar-refractivity contribution in [1.82, 2.24) is 15.4 Å². The molecule has 0 unspecified atom stereocenters. The number of aliphatic imine (C=N–C) groups is 1. The van der Waals surface area contributed by atoms with Gasteiger partial charge in [0.15, 0.2) is 5.96 Å². The summed E-state index contributed by atoms with van der Waals surface area (Å²) in [5, 5.41) is 8.16. The Morgan fingerprint density at radius 3 is 2.62 bits per heavy atom. The predicted octanol–water partition coefficient (Wildman–Crippen LogP) is 2.37. The molecule has 9 heteroatoms. The molecule has 0 spiro atoms. The SMILES string of the molecule is CCNC(=NCCNS(=O)(=O)c1cccs1)NCCSc1ccccc1. The largest absolute Gasteiger partial charge is 0.357 e. The molecule has 0 aliphatic rings. The van der Waals surface area contributed by atoms with Gasteiger partial charge in [0.2, 0.25) is 10.0 Å². The van der Waals surface area contributed by atoms with Crippen molar-refractivity contribution in [3.05, 3.63) is 47.8 Å². The molecule has 0 saturated heterocycles. The van der Waals surface area contributed by atoms with Gasteiger partial charge in [0.25, 0.3) is 0 Å². The molecule has 6 nitrogen and oxygen atoms in total. The molecule has 0 radical (unpaired) electrons. The molecule has 0 aliphatic carbocycles. The van der Waals surface area contributed by atoms with Crippen molar-refractivity contribution in [2.75, 3.05) is 31.9 Å². The number of benzene rings is 1. The van der Waals surface area contributed by atoms with Crippen LogP contribution in [-0.4, -0.2) is 46.3 Å². The van der Waals surface area contributed by atoms with Gasteiger partial charge >= 0.3 is 0 Å². The van der Waals surface area contributed by atoms with Crippen LogP contribution in [0.1, 0.15) is 6.92 Å². The van der Waals surface area contributed by atoms with Gasteiger partial charge in [-0.15, -0.1) is 23.1 Å². The minimum Gasteiger partial charge on any atom is -0.357 e. The van der Waals surface area contributed by atoms with Crippen molar-refractivity contribution >= 4 is 39.1 Å². The van der Waals surface area contributed by atoms with Crippen LogP contribution in [0.15, 0.2) is 61.9 Å². The van der Waals surface area contributed by atoms with E-state index in [1.807, 2.05) is 25.1 Å². The fourth-order valence-electron chi connectivity index (χ4n) is 2.03. The Hall–Kier alpha value is -1.55. The van der Waals surface area contributed by atoms with Crippen LogP contribution in [0.25, 0.3) is 0 Å². The summed E-state index contributed by atoms with van der Waals surface area (Å²) in [7, 11) is -3.42. The van der Waals surface area contributed by atoms with Crippen LogP contribution in [0.5, 0.6) is 0 Å². The highest BCUT2D eigenvalue weighted by Crippen LogP contribution is 2.16. The number of sulfonamides is 1. The van der Waals surface area contributed by atoms with Gasteiger partial charge in [-0.05, 0) is 30.5 Å². The summed E-state index contributed by atoms with van der Waals surface area (Å²) in [6, 6.07) is 13.5. The fourth-order valence-corrected chi connectivity index (χ4v) is 4.88. The summed E-state index contributed by atoms with van der Waals surface area (Å²) in [5.74, 6) is 1.61. The van der Waals surface area contributed by atoms with Crippen molar-refractivity contribution in [2.45, 2.75) is 16.0 Å². The lowest BCUT2D eigenvalue weighted by Crippen LogP contribution is -2.39. The third-order valence-corrected chi connectivity index (χ3v) is 7.06. The van der Waals surface area contributed by atoms with E-state index >= 15 is 0 Å². The monoisotopic (exact) mass is 412 g/mol. The van der Waals surface area contributed by atoms with Gasteiger partial charge < -0.3 is 10.6 Å². The van der Waals surface area contributed by atoms with Crippen LogP contribution < -0.4 is 15.4 Å².